The van der Waals surface area contributed by atoms with Crippen LogP contribution in [0.2, 0.25) is 0 Å². The first-order valence-electron chi connectivity index (χ1n) is 12.3. The molecule has 6 nitrogen and oxygen atoms in total. The number of halogens is 2. The van der Waals surface area contributed by atoms with E-state index >= 15 is 0 Å². The van der Waals surface area contributed by atoms with Gasteiger partial charge in [0.15, 0.2) is 22.2 Å². The molecule has 40 heavy (non-hydrogen) atoms. The van der Waals surface area contributed by atoms with Gasteiger partial charge in [0.25, 0.3) is 0 Å². The maximum Gasteiger partial charge on any atom is 0.338 e. The van der Waals surface area contributed by atoms with Crippen LogP contribution in [0.4, 0.5) is 0 Å². The van der Waals surface area contributed by atoms with Crippen molar-refractivity contribution >= 4 is 47.7 Å². The number of hydrogen-bond acceptors (Lipinski definition) is 6. The highest BCUT2D eigenvalue weighted by Crippen LogP contribution is 2.39. The molecule has 0 bridgehead atoms. The molecule has 5 aromatic rings. The Morgan fingerprint density at radius 3 is 2.23 bits per heavy atom. The van der Waals surface area contributed by atoms with E-state index in [1.54, 1.807) is 72.8 Å². The van der Waals surface area contributed by atoms with Crippen LogP contribution in [0.1, 0.15) is 38.2 Å². The largest absolute Gasteiger partial charge is 0.454 e. The first-order chi connectivity index (χ1) is 19.2. The van der Waals surface area contributed by atoms with Crippen LogP contribution in [0.15, 0.2) is 121 Å². The molecule has 1 atom stereocenters. The minimum absolute atomic E-state index is 0.142. The van der Waals surface area contributed by atoms with Gasteiger partial charge in [0.05, 0.1) is 10.5 Å². The number of carbonyl (C=O) groups excluding carboxylic acids is 1. The Morgan fingerprint density at radius 1 is 0.875 bits per heavy atom. The molecule has 0 saturated carbocycles. The van der Waals surface area contributed by atoms with Crippen LogP contribution >= 0.6 is 31.9 Å². The van der Waals surface area contributed by atoms with Crippen LogP contribution in [0, 0.1) is 6.92 Å². The Morgan fingerprint density at radius 2 is 1.55 bits per heavy atom. The van der Waals surface area contributed by atoms with Gasteiger partial charge in [0.2, 0.25) is 5.89 Å². The zero-order chi connectivity index (χ0) is 28.3. The van der Waals surface area contributed by atoms with Crippen molar-refractivity contribution in [1.29, 1.82) is 0 Å². The van der Waals surface area contributed by atoms with Crippen molar-refractivity contribution in [3.05, 3.63) is 140 Å². The fourth-order valence-corrected chi connectivity index (χ4v) is 6.80. The Bertz CT molecular complexity index is 1770. The molecule has 0 aliphatic heterocycles. The van der Waals surface area contributed by atoms with Gasteiger partial charge in [0.1, 0.15) is 10.9 Å². The maximum atomic E-state index is 14.2. The quantitative estimate of drug-likeness (QED) is 0.154. The van der Waals surface area contributed by atoms with Crippen LogP contribution in [0.5, 0.6) is 0 Å². The highest BCUT2D eigenvalue weighted by molar-refractivity contribution is 9.10. The van der Waals surface area contributed by atoms with Crippen LogP contribution in [-0.2, 0) is 21.2 Å². The van der Waals surface area contributed by atoms with Gasteiger partial charge >= 0.3 is 5.97 Å². The lowest BCUT2D eigenvalue weighted by Gasteiger charge is -2.18. The zero-order valence-corrected chi connectivity index (χ0v) is 25.2. The van der Waals surface area contributed by atoms with Crippen LogP contribution < -0.4 is 0 Å². The number of benzene rings is 4. The summed E-state index contributed by atoms with van der Waals surface area (Å²) in [6, 6.07) is 29.6. The van der Waals surface area contributed by atoms with Crippen molar-refractivity contribution in [2.45, 2.75) is 23.7 Å². The fourth-order valence-electron chi connectivity index (χ4n) is 4.22. The number of sulfone groups is 1. The van der Waals surface area contributed by atoms with E-state index in [9.17, 15) is 13.2 Å². The molecule has 0 aliphatic carbocycles. The summed E-state index contributed by atoms with van der Waals surface area (Å²) in [5.41, 5.74) is 2.59. The Balaban J connectivity index is 1.63. The molecule has 9 heteroatoms. The second-order valence-corrected chi connectivity index (χ2v) is 12.9. The summed E-state index contributed by atoms with van der Waals surface area (Å²) < 4.78 is 41.7. The Labute approximate surface area is 249 Å². The van der Waals surface area contributed by atoms with Crippen molar-refractivity contribution in [2.75, 3.05) is 0 Å². The van der Waals surface area contributed by atoms with E-state index in [0.717, 1.165) is 14.5 Å². The normalized spacial score (nSPS) is 12.2. The summed E-state index contributed by atoms with van der Waals surface area (Å²) in [4.78, 5) is 17.7. The number of aromatic nitrogens is 1. The van der Waals surface area contributed by atoms with Crippen LogP contribution in [-0.4, -0.2) is 19.4 Å². The smallest absolute Gasteiger partial charge is 0.338 e. The standard InChI is InChI=1S/C31H23Br2NO5S/c1-20-13-15-26(16-14-20)40(36,37)29(21-7-3-2-4-8-21)28-27(19-38-31(35)23-10-6-12-25(33)18-23)39-30(34-28)22-9-5-11-24(32)17-22/h2-18,29H,19H2,1H3. The topological polar surface area (TPSA) is 86.5 Å². The number of carbonyl (C=O) groups is 1. The lowest BCUT2D eigenvalue weighted by atomic mass is 10.1. The Hall–Kier alpha value is -3.53. The summed E-state index contributed by atoms with van der Waals surface area (Å²) in [7, 11) is -4.00. The minimum atomic E-state index is -4.00. The van der Waals surface area contributed by atoms with Crippen molar-refractivity contribution in [2.24, 2.45) is 0 Å². The number of hydrogen-bond donors (Lipinski definition) is 0. The first kappa shape index (κ1) is 28.0. The van der Waals surface area contributed by atoms with Gasteiger partial charge in [-0.15, -0.1) is 0 Å². The summed E-state index contributed by atoms with van der Waals surface area (Å²) in [5, 5.41) is -1.21. The molecule has 1 unspecified atom stereocenters. The van der Waals surface area contributed by atoms with Crippen molar-refractivity contribution in [3.63, 3.8) is 0 Å². The maximum absolute atomic E-state index is 14.2. The Kier molecular flexibility index (Phi) is 8.35. The summed E-state index contributed by atoms with van der Waals surface area (Å²) >= 11 is 6.82. The number of ether oxygens (including phenoxy) is 1. The number of aryl methyl sites for hydroxylation is 1. The third-order valence-corrected chi connectivity index (χ3v) is 9.24. The molecular formula is C31H23Br2NO5S. The molecule has 1 heterocycles. The molecule has 1 aromatic heterocycles. The lowest BCUT2D eigenvalue weighted by Crippen LogP contribution is -2.18. The highest BCUT2D eigenvalue weighted by atomic mass is 79.9. The number of esters is 1. The van der Waals surface area contributed by atoms with Gasteiger partial charge in [-0.05, 0) is 61.0 Å². The van der Waals surface area contributed by atoms with E-state index in [1.807, 2.05) is 37.3 Å². The average Bonchev–Trinajstić information content (AvgIpc) is 3.36. The molecule has 0 fully saturated rings. The molecule has 0 radical (unpaired) electrons. The number of nitrogens with zero attached hydrogens (tertiary/aromatic N) is 1. The average molecular weight is 681 g/mol. The third-order valence-electron chi connectivity index (χ3n) is 6.20. The third kappa shape index (κ3) is 6.11. The second-order valence-electron chi connectivity index (χ2n) is 9.07. The molecule has 0 aliphatic rings. The van der Waals surface area contributed by atoms with Gasteiger partial charge in [-0.2, -0.15) is 0 Å². The zero-order valence-electron chi connectivity index (χ0n) is 21.3. The monoisotopic (exact) mass is 679 g/mol. The van der Waals surface area contributed by atoms with Crippen LogP contribution in [0.3, 0.4) is 0 Å². The van der Waals surface area contributed by atoms with Gasteiger partial charge < -0.3 is 9.15 Å². The minimum Gasteiger partial charge on any atom is -0.454 e. The van der Waals surface area contributed by atoms with E-state index in [4.69, 9.17) is 14.1 Å². The molecule has 0 amide bonds. The summed E-state index contributed by atoms with van der Waals surface area (Å²) in [6.45, 7) is 1.58. The number of oxazole rings is 1. The van der Waals surface area contributed by atoms with Gasteiger partial charge in [-0.3, -0.25) is 0 Å². The van der Waals surface area contributed by atoms with E-state index in [1.165, 1.54) is 0 Å². The van der Waals surface area contributed by atoms with Gasteiger partial charge in [-0.25, -0.2) is 18.2 Å². The molecule has 5 rings (SSSR count). The van der Waals surface area contributed by atoms with E-state index in [-0.39, 0.29) is 28.8 Å². The van der Waals surface area contributed by atoms with Gasteiger partial charge in [0, 0.05) is 14.5 Å². The molecule has 0 saturated heterocycles. The van der Waals surface area contributed by atoms with E-state index in [0.29, 0.717) is 16.7 Å². The number of rotatable bonds is 8. The predicted molar refractivity (Wildman–Crippen MR) is 160 cm³/mol. The molecule has 0 spiro atoms. The van der Waals surface area contributed by atoms with Crippen molar-refractivity contribution in [3.8, 4) is 11.5 Å². The summed E-state index contributed by atoms with van der Waals surface area (Å²) in [6.07, 6.45) is 0. The van der Waals surface area contributed by atoms with Crippen molar-refractivity contribution in [1.82, 2.24) is 4.98 Å². The van der Waals surface area contributed by atoms with E-state index in [2.05, 4.69) is 31.9 Å². The van der Waals surface area contributed by atoms with Crippen molar-refractivity contribution < 1.29 is 22.4 Å². The first-order valence-corrected chi connectivity index (χ1v) is 15.4. The van der Waals surface area contributed by atoms with E-state index < -0.39 is 21.1 Å². The highest BCUT2D eigenvalue weighted by Gasteiger charge is 2.36. The molecular weight excluding hydrogens is 658 g/mol. The fraction of sp³-hybridized carbons (Fsp3) is 0.0968. The van der Waals surface area contributed by atoms with Gasteiger partial charge in [-0.1, -0.05) is 92.0 Å². The molecule has 0 N–H and O–H groups in total. The van der Waals surface area contributed by atoms with Crippen LogP contribution in [0.25, 0.3) is 11.5 Å². The molecule has 202 valence electrons. The predicted octanol–water partition coefficient (Wildman–Crippen LogP) is 8.10. The second kappa shape index (κ2) is 11.9. The lowest BCUT2D eigenvalue weighted by molar-refractivity contribution is 0.0445. The summed E-state index contributed by atoms with van der Waals surface area (Å²) in [5.74, 6) is -0.224. The molecule has 4 aromatic carbocycles. The SMILES string of the molecule is Cc1ccc(S(=O)(=O)C(c2ccccc2)c2nc(-c3cccc(Br)c3)oc2COC(=O)c2cccc(Br)c2)cc1.